The molecular formula is C16H21BrN4O3. The standard InChI is InChI=1S/C16H21BrN4O3/c17-11-5-3-4-10(8-11)12(20-16(19)24)9-14(22)21-7-2-1-6-13(21)15(18)23/h3-5,8,12-13H,1-2,6-7,9H2,(H2,18,23)(H3,19,20,24)/t12-,13-/m0/s1. The Labute approximate surface area is 148 Å². The second kappa shape index (κ2) is 8.14. The number of nitrogens with two attached hydrogens (primary N) is 2. The topological polar surface area (TPSA) is 119 Å². The number of rotatable bonds is 5. The molecule has 1 aliphatic rings. The molecular weight excluding hydrogens is 376 g/mol. The Morgan fingerprint density at radius 1 is 1.29 bits per heavy atom. The van der Waals surface area contributed by atoms with Crippen molar-refractivity contribution in [2.75, 3.05) is 6.54 Å². The molecule has 1 fully saturated rings. The van der Waals surface area contributed by atoms with Crippen molar-refractivity contribution in [1.82, 2.24) is 10.2 Å². The van der Waals surface area contributed by atoms with Gasteiger partial charge in [0.15, 0.2) is 0 Å². The van der Waals surface area contributed by atoms with Gasteiger partial charge in [-0.3, -0.25) is 9.59 Å². The van der Waals surface area contributed by atoms with E-state index < -0.39 is 24.0 Å². The van der Waals surface area contributed by atoms with Crippen LogP contribution in [-0.2, 0) is 9.59 Å². The molecule has 130 valence electrons. The molecule has 5 N–H and O–H groups in total. The minimum atomic E-state index is -0.710. The van der Waals surface area contributed by atoms with Gasteiger partial charge in [-0.1, -0.05) is 28.1 Å². The van der Waals surface area contributed by atoms with Crippen molar-refractivity contribution < 1.29 is 14.4 Å². The molecule has 0 radical (unpaired) electrons. The van der Waals surface area contributed by atoms with E-state index in [1.54, 1.807) is 6.07 Å². The van der Waals surface area contributed by atoms with Gasteiger partial charge in [-0.25, -0.2) is 4.79 Å². The van der Waals surface area contributed by atoms with Crippen molar-refractivity contribution in [3.8, 4) is 0 Å². The summed E-state index contributed by atoms with van der Waals surface area (Å²) in [6.45, 7) is 0.494. The molecule has 1 saturated heterocycles. The van der Waals surface area contributed by atoms with Crippen molar-refractivity contribution in [3.05, 3.63) is 34.3 Å². The Morgan fingerprint density at radius 2 is 2.04 bits per heavy atom. The van der Waals surface area contributed by atoms with Crippen LogP contribution in [0.4, 0.5) is 4.79 Å². The number of primary amides is 2. The first-order valence-corrected chi connectivity index (χ1v) is 8.58. The summed E-state index contributed by atoms with van der Waals surface area (Å²) in [6.07, 6.45) is 2.29. The highest BCUT2D eigenvalue weighted by Crippen LogP contribution is 2.24. The summed E-state index contributed by atoms with van der Waals surface area (Å²) in [6, 6.07) is 5.42. The Bertz CT molecular complexity index is 638. The molecule has 24 heavy (non-hydrogen) atoms. The number of hydrogen-bond acceptors (Lipinski definition) is 3. The zero-order chi connectivity index (χ0) is 17.7. The van der Waals surface area contributed by atoms with E-state index in [0.29, 0.717) is 13.0 Å². The van der Waals surface area contributed by atoms with Crippen LogP contribution in [0.15, 0.2) is 28.7 Å². The number of piperidine rings is 1. The lowest BCUT2D eigenvalue weighted by Crippen LogP contribution is -2.51. The zero-order valence-corrected chi connectivity index (χ0v) is 14.8. The third kappa shape index (κ3) is 4.70. The maximum Gasteiger partial charge on any atom is 0.312 e. The zero-order valence-electron chi connectivity index (χ0n) is 13.2. The summed E-state index contributed by atoms with van der Waals surface area (Å²) >= 11 is 3.37. The molecule has 2 atom stereocenters. The molecule has 0 spiro atoms. The summed E-state index contributed by atoms with van der Waals surface area (Å²) in [4.78, 5) is 37.1. The Balaban J connectivity index is 2.17. The number of likely N-dealkylation sites (tertiary alicyclic amines) is 1. The number of urea groups is 1. The predicted molar refractivity (Wildman–Crippen MR) is 92.8 cm³/mol. The number of carbonyl (C=O) groups is 3. The van der Waals surface area contributed by atoms with Crippen LogP contribution in [0.2, 0.25) is 0 Å². The van der Waals surface area contributed by atoms with E-state index >= 15 is 0 Å². The first-order chi connectivity index (χ1) is 11.4. The van der Waals surface area contributed by atoms with Crippen molar-refractivity contribution in [2.45, 2.75) is 37.8 Å². The fourth-order valence-corrected chi connectivity index (χ4v) is 3.38. The Kier molecular flexibility index (Phi) is 6.19. The lowest BCUT2D eigenvalue weighted by atomic mass is 9.98. The summed E-state index contributed by atoms with van der Waals surface area (Å²) in [5.74, 6) is -0.720. The highest BCUT2D eigenvalue weighted by atomic mass is 79.9. The van der Waals surface area contributed by atoms with E-state index in [1.165, 1.54) is 4.90 Å². The molecule has 8 heteroatoms. The average molecular weight is 397 g/mol. The molecule has 1 heterocycles. The van der Waals surface area contributed by atoms with Crippen LogP contribution in [0.3, 0.4) is 0 Å². The maximum absolute atomic E-state index is 12.7. The predicted octanol–water partition coefficient (Wildman–Crippen LogP) is 1.41. The van der Waals surface area contributed by atoms with E-state index in [4.69, 9.17) is 11.5 Å². The van der Waals surface area contributed by atoms with Crippen molar-refractivity contribution in [1.29, 1.82) is 0 Å². The molecule has 1 aromatic rings. The number of amides is 4. The second-order valence-corrected chi connectivity index (χ2v) is 6.74. The number of carbonyl (C=O) groups excluding carboxylic acids is 3. The third-order valence-electron chi connectivity index (χ3n) is 4.10. The first-order valence-electron chi connectivity index (χ1n) is 7.78. The van der Waals surface area contributed by atoms with E-state index in [1.807, 2.05) is 18.2 Å². The smallest absolute Gasteiger partial charge is 0.312 e. The molecule has 0 aromatic heterocycles. The lowest BCUT2D eigenvalue weighted by molar-refractivity contribution is -0.141. The Hall–Kier alpha value is -2.09. The molecule has 2 rings (SSSR count). The van der Waals surface area contributed by atoms with Gasteiger partial charge in [-0.05, 0) is 37.0 Å². The molecule has 1 aromatic carbocycles. The fourth-order valence-electron chi connectivity index (χ4n) is 2.97. The lowest BCUT2D eigenvalue weighted by Gasteiger charge is -2.34. The Morgan fingerprint density at radius 3 is 2.67 bits per heavy atom. The van der Waals surface area contributed by atoms with Crippen molar-refractivity contribution in [2.24, 2.45) is 11.5 Å². The van der Waals surface area contributed by atoms with Gasteiger partial charge in [0.25, 0.3) is 0 Å². The van der Waals surface area contributed by atoms with Crippen LogP contribution >= 0.6 is 15.9 Å². The molecule has 4 amide bonds. The second-order valence-electron chi connectivity index (χ2n) is 5.82. The van der Waals surface area contributed by atoms with Crippen LogP contribution in [0, 0.1) is 0 Å². The maximum atomic E-state index is 12.7. The van der Waals surface area contributed by atoms with Crippen LogP contribution in [0.5, 0.6) is 0 Å². The minimum absolute atomic E-state index is 0.0170. The van der Waals surface area contributed by atoms with Crippen molar-refractivity contribution >= 4 is 33.8 Å². The number of nitrogens with zero attached hydrogens (tertiary/aromatic N) is 1. The van der Waals surface area contributed by atoms with Crippen molar-refractivity contribution in [3.63, 3.8) is 0 Å². The van der Waals surface area contributed by atoms with Gasteiger partial charge >= 0.3 is 6.03 Å². The van der Waals surface area contributed by atoms with Crippen LogP contribution in [-0.4, -0.2) is 35.3 Å². The highest BCUT2D eigenvalue weighted by molar-refractivity contribution is 9.10. The summed E-state index contributed by atoms with van der Waals surface area (Å²) in [5.41, 5.74) is 11.4. The normalized spacial score (nSPS) is 18.7. The molecule has 0 unspecified atom stereocenters. The largest absolute Gasteiger partial charge is 0.368 e. The van der Waals surface area contributed by atoms with E-state index in [9.17, 15) is 14.4 Å². The highest BCUT2D eigenvalue weighted by Gasteiger charge is 2.32. The minimum Gasteiger partial charge on any atom is -0.368 e. The molecule has 1 aliphatic heterocycles. The number of halogens is 1. The average Bonchev–Trinajstić information content (AvgIpc) is 2.53. The number of hydrogen-bond donors (Lipinski definition) is 3. The summed E-state index contributed by atoms with van der Waals surface area (Å²) < 4.78 is 0.830. The van der Waals surface area contributed by atoms with Gasteiger partial charge in [-0.15, -0.1) is 0 Å². The van der Waals surface area contributed by atoms with Crippen LogP contribution < -0.4 is 16.8 Å². The van der Waals surface area contributed by atoms with Gasteiger partial charge in [0.2, 0.25) is 11.8 Å². The summed E-state index contributed by atoms with van der Waals surface area (Å²) in [7, 11) is 0. The first kappa shape index (κ1) is 18.3. The number of benzene rings is 1. The van der Waals surface area contributed by atoms with E-state index in [-0.39, 0.29) is 12.3 Å². The molecule has 0 bridgehead atoms. The monoisotopic (exact) mass is 396 g/mol. The van der Waals surface area contributed by atoms with Gasteiger partial charge in [-0.2, -0.15) is 0 Å². The van der Waals surface area contributed by atoms with Gasteiger partial charge in [0.1, 0.15) is 6.04 Å². The van der Waals surface area contributed by atoms with Gasteiger partial charge in [0.05, 0.1) is 12.5 Å². The quantitative estimate of drug-likeness (QED) is 0.697. The fraction of sp³-hybridized carbons (Fsp3) is 0.438. The third-order valence-corrected chi connectivity index (χ3v) is 4.59. The molecule has 7 nitrogen and oxygen atoms in total. The SMILES string of the molecule is NC(=O)N[C@@H](CC(=O)N1CCCC[C@H]1C(N)=O)c1cccc(Br)c1. The van der Waals surface area contributed by atoms with E-state index in [2.05, 4.69) is 21.2 Å². The van der Waals surface area contributed by atoms with Crippen LogP contribution in [0.25, 0.3) is 0 Å². The number of nitrogens with one attached hydrogen (secondary N) is 1. The van der Waals surface area contributed by atoms with Gasteiger partial charge < -0.3 is 21.7 Å². The molecule has 0 aliphatic carbocycles. The summed E-state index contributed by atoms with van der Waals surface area (Å²) in [5, 5.41) is 2.59. The van der Waals surface area contributed by atoms with Crippen LogP contribution in [0.1, 0.15) is 37.3 Å². The molecule has 0 saturated carbocycles. The van der Waals surface area contributed by atoms with Gasteiger partial charge in [0, 0.05) is 11.0 Å². The van der Waals surface area contributed by atoms with E-state index in [0.717, 1.165) is 22.9 Å².